The molecule has 32 heavy (non-hydrogen) atoms. The van der Waals surface area contributed by atoms with Crippen LogP contribution in [0.5, 0.6) is 0 Å². The molecule has 0 aromatic carbocycles. The molecular weight excluding hydrogens is 404 g/mol. The fraction of sp³-hybridized carbons (Fsp3) is 0.667. The smallest absolute Gasteiger partial charge is 0.245 e. The van der Waals surface area contributed by atoms with Crippen LogP contribution in [0.15, 0.2) is 28.3 Å². The third kappa shape index (κ3) is 8.74. The molecule has 0 saturated carbocycles. The maximum Gasteiger partial charge on any atom is 0.245 e. The number of carbonyl (C=O) groups is 2. The van der Waals surface area contributed by atoms with E-state index in [0.717, 1.165) is 51.6 Å². The fourth-order valence-electron chi connectivity index (χ4n) is 3.95. The molecule has 2 saturated heterocycles. The summed E-state index contributed by atoms with van der Waals surface area (Å²) in [6, 6.07) is -0.494. The molecule has 0 aromatic heterocycles. The normalized spacial score (nSPS) is 19.9. The van der Waals surface area contributed by atoms with Crippen LogP contribution in [0.25, 0.3) is 0 Å². The quantitative estimate of drug-likeness (QED) is 0.198. The Hall–Kier alpha value is -2.82. The number of hydrogen-bond donors (Lipinski definition) is 2. The molecule has 2 aliphatic heterocycles. The van der Waals surface area contributed by atoms with Crippen molar-refractivity contribution in [1.82, 2.24) is 20.4 Å². The molecule has 1 atom stereocenters. The first-order valence-corrected chi connectivity index (χ1v) is 11.7. The van der Waals surface area contributed by atoms with E-state index in [1.165, 1.54) is 11.1 Å². The lowest BCUT2D eigenvalue weighted by atomic mass is 10.1. The van der Waals surface area contributed by atoms with E-state index in [0.29, 0.717) is 25.5 Å². The first kappa shape index (κ1) is 25.4. The van der Waals surface area contributed by atoms with Crippen molar-refractivity contribution in [2.24, 2.45) is 4.99 Å². The average Bonchev–Trinajstić information content (AvgIpc) is 3.23. The number of aliphatic imine (C=N–C) groups is 1. The summed E-state index contributed by atoms with van der Waals surface area (Å²) in [7, 11) is 0. The molecule has 2 N–H and O–H groups in total. The van der Waals surface area contributed by atoms with Crippen LogP contribution in [0.1, 0.15) is 65.7 Å². The van der Waals surface area contributed by atoms with E-state index < -0.39 is 6.04 Å². The number of amides is 2. The molecule has 2 fully saturated rings. The van der Waals surface area contributed by atoms with E-state index in [1.807, 2.05) is 17.2 Å². The Bertz CT molecular complexity index is 770. The Balaban J connectivity index is 1.96. The van der Waals surface area contributed by atoms with Crippen molar-refractivity contribution in [1.29, 1.82) is 5.26 Å². The van der Waals surface area contributed by atoms with Crippen LogP contribution in [0.2, 0.25) is 0 Å². The van der Waals surface area contributed by atoms with E-state index in [1.54, 1.807) is 4.90 Å². The molecule has 8 nitrogen and oxygen atoms in total. The van der Waals surface area contributed by atoms with Crippen molar-refractivity contribution >= 4 is 17.8 Å². The maximum atomic E-state index is 13.1. The van der Waals surface area contributed by atoms with Gasteiger partial charge in [-0.15, -0.1) is 0 Å². The molecule has 2 heterocycles. The van der Waals surface area contributed by atoms with Gasteiger partial charge in [-0.1, -0.05) is 23.3 Å². The van der Waals surface area contributed by atoms with Crippen LogP contribution in [0.4, 0.5) is 0 Å². The number of carbonyl (C=O) groups excluding carboxylic acids is 2. The molecule has 0 radical (unpaired) electrons. The van der Waals surface area contributed by atoms with Crippen molar-refractivity contribution in [3.05, 3.63) is 23.3 Å². The Morgan fingerprint density at radius 2 is 1.88 bits per heavy atom. The fourth-order valence-corrected chi connectivity index (χ4v) is 3.95. The van der Waals surface area contributed by atoms with Crippen molar-refractivity contribution in [3.8, 4) is 6.19 Å². The Labute approximate surface area is 192 Å². The molecule has 1 unspecified atom stereocenters. The van der Waals surface area contributed by atoms with E-state index in [-0.39, 0.29) is 18.4 Å². The van der Waals surface area contributed by atoms with Crippen molar-refractivity contribution in [2.75, 3.05) is 32.7 Å². The van der Waals surface area contributed by atoms with Gasteiger partial charge < -0.3 is 15.1 Å². The Morgan fingerprint density at radius 1 is 1.16 bits per heavy atom. The highest BCUT2D eigenvalue weighted by atomic mass is 16.2. The second-order valence-corrected chi connectivity index (χ2v) is 8.84. The number of nitrogens with zero attached hydrogens (tertiary/aromatic N) is 4. The minimum atomic E-state index is -0.494. The number of allylic oxidation sites excluding steroid dienone is 3. The predicted molar refractivity (Wildman–Crippen MR) is 127 cm³/mol. The lowest BCUT2D eigenvalue weighted by Crippen LogP contribution is -2.52. The number of nitrogens with one attached hydrogen (secondary N) is 2. The van der Waals surface area contributed by atoms with Crippen LogP contribution in [0.3, 0.4) is 0 Å². The molecule has 0 aliphatic carbocycles. The van der Waals surface area contributed by atoms with Crippen LogP contribution in [0, 0.1) is 11.5 Å². The second kappa shape index (κ2) is 13.6. The molecule has 2 aliphatic rings. The summed E-state index contributed by atoms with van der Waals surface area (Å²) in [5, 5.41) is 14.8. The monoisotopic (exact) mass is 442 g/mol. The number of likely N-dealkylation sites (tertiary alicyclic amines) is 2. The van der Waals surface area contributed by atoms with Crippen molar-refractivity contribution < 1.29 is 9.59 Å². The summed E-state index contributed by atoms with van der Waals surface area (Å²) in [5.74, 6) is 0.220. The van der Waals surface area contributed by atoms with Gasteiger partial charge in [0.2, 0.25) is 17.8 Å². The first-order chi connectivity index (χ1) is 15.4. The molecule has 0 spiro atoms. The highest BCUT2D eigenvalue weighted by Crippen LogP contribution is 2.14. The number of rotatable bonds is 8. The summed E-state index contributed by atoms with van der Waals surface area (Å²) in [6.45, 7) is 8.96. The van der Waals surface area contributed by atoms with Gasteiger partial charge in [-0.25, -0.2) is 4.99 Å². The zero-order valence-electron chi connectivity index (χ0n) is 19.8. The van der Waals surface area contributed by atoms with Gasteiger partial charge in [0.15, 0.2) is 6.19 Å². The molecule has 8 heteroatoms. The highest BCUT2D eigenvalue weighted by Gasteiger charge is 2.30. The highest BCUT2D eigenvalue weighted by molar-refractivity contribution is 5.92. The van der Waals surface area contributed by atoms with Crippen molar-refractivity contribution in [2.45, 2.75) is 71.8 Å². The van der Waals surface area contributed by atoms with Gasteiger partial charge in [-0.2, -0.15) is 5.26 Å². The average molecular weight is 443 g/mol. The third-order valence-electron chi connectivity index (χ3n) is 5.83. The van der Waals surface area contributed by atoms with Gasteiger partial charge in [0.1, 0.15) is 6.04 Å². The predicted octanol–water partition coefficient (Wildman–Crippen LogP) is 2.70. The Kier molecular flexibility index (Phi) is 10.8. The largest absolute Gasteiger partial charge is 0.344 e. The molecular formula is C24H38N6O2. The molecule has 0 bridgehead atoms. The van der Waals surface area contributed by atoms with Gasteiger partial charge in [0.05, 0.1) is 13.1 Å². The summed E-state index contributed by atoms with van der Waals surface area (Å²) >= 11 is 0. The lowest BCUT2D eigenvalue weighted by molar-refractivity contribution is -0.140. The van der Waals surface area contributed by atoms with Gasteiger partial charge in [0, 0.05) is 19.6 Å². The molecule has 176 valence electrons. The summed E-state index contributed by atoms with van der Waals surface area (Å²) in [5.41, 5.74) is 2.55. The Morgan fingerprint density at radius 3 is 2.56 bits per heavy atom. The van der Waals surface area contributed by atoms with E-state index >= 15 is 0 Å². The standard InChI is InChI=1S/C24H38N6O2/c1-19(2)9-8-10-20(3)12-13-26-24(27-18-25)28-21-11-4-5-16-30(23(21)32)17-22(31)29-14-6-7-15-29/h9,12,21H,4-8,10-11,13-17H2,1-3H3,(H2,26,27,28). The van der Waals surface area contributed by atoms with Crippen LogP contribution >= 0.6 is 0 Å². The summed E-state index contributed by atoms with van der Waals surface area (Å²) in [4.78, 5) is 33.6. The summed E-state index contributed by atoms with van der Waals surface area (Å²) < 4.78 is 0. The number of guanidine groups is 1. The maximum absolute atomic E-state index is 13.1. The zero-order valence-corrected chi connectivity index (χ0v) is 19.8. The third-order valence-corrected chi connectivity index (χ3v) is 5.83. The van der Waals surface area contributed by atoms with Crippen LogP contribution < -0.4 is 10.6 Å². The van der Waals surface area contributed by atoms with Gasteiger partial charge in [0.25, 0.3) is 0 Å². The topological polar surface area (TPSA) is 101 Å². The lowest BCUT2D eigenvalue weighted by Gasteiger charge is -2.27. The summed E-state index contributed by atoms with van der Waals surface area (Å²) in [6.07, 6.45) is 12.6. The van der Waals surface area contributed by atoms with Crippen molar-refractivity contribution in [3.63, 3.8) is 0 Å². The minimum Gasteiger partial charge on any atom is -0.344 e. The second-order valence-electron chi connectivity index (χ2n) is 8.84. The van der Waals surface area contributed by atoms with Gasteiger partial charge in [-0.05, 0) is 65.7 Å². The number of hydrogen-bond acceptors (Lipinski definition) is 4. The van der Waals surface area contributed by atoms with Crippen LogP contribution in [-0.4, -0.2) is 66.3 Å². The van der Waals surface area contributed by atoms with E-state index in [9.17, 15) is 9.59 Å². The van der Waals surface area contributed by atoms with E-state index in [2.05, 4.69) is 42.5 Å². The van der Waals surface area contributed by atoms with Gasteiger partial charge >= 0.3 is 0 Å². The molecule has 0 aromatic rings. The minimum absolute atomic E-state index is 0.0225. The molecule has 2 amide bonds. The van der Waals surface area contributed by atoms with Crippen LogP contribution in [-0.2, 0) is 9.59 Å². The SMILES string of the molecule is CC(C)=CCCC(C)=CCN=C(NC#N)NC1CCCCN(CC(=O)N2CCCC2)C1=O. The molecule has 2 rings (SSSR count). The zero-order chi connectivity index (χ0) is 23.3. The first-order valence-electron chi connectivity index (χ1n) is 11.7. The number of nitriles is 1. The van der Waals surface area contributed by atoms with E-state index in [4.69, 9.17) is 5.26 Å². The van der Waals surface area contributed by atoms with Gasteiger partial charge in [-0.3, -0.25) is 14.9 Å².